The van der Waals surface area contributed by atoms with Gasteiger partial charge in [-0.1, -0.05) is 99.1 Å². The van der Waals surface area contributed by atoms with Crippen molar-refractivity contribution in [2.24, 2.45) is 10.8 Å². The Hall–Kier alpha value is -7.67. The number of benzene rings is 5. The van der Waals surface area contributed by atoms with E-state index in [-0.39, 0.29) is 0 Å². The van der Waals surface area contributed by atoms with Crippen LogP contribution >= 0.6 is 69.6 Å². The Labute approximate surface area is 452 Å². The van der Waals surface area contributed by atoms with Crippen molar-refractivity contribution in [3.05, 3.63) is 200 Å². The molecule has 372 valence electrons. The number of aliphatic imine (C=N–C) groups is 1. The van der Waals surface area contributed by atoms with Gasteiger partial charge in [0.25, 0.3) is 11.9 Å². The van der Waals surface area contributed by atoms with Crippen LogP contribution in [0.3, 0.4) is 0 Å². The predicted octanol–water partition coefficient (Wildman–Crippen LogP) is 13.2. The smallest absolute Gasteiger partial charge is 0.300 e. The van der Waals surface area contributed by atoms with E-state index in [1.165, 1.54) is 0 Å². The number of carboxylic acid groups (broad SMARTS) is 1. The van der Waals surface area contributed by atoms with E-state index in [0.717, 1.165) is 57.9 Å². The first-order chi connectivity index (χ1) is 35.6. The fourth-order valence-electron chi connectivity index (χ4n) is 7.50. The molecule has 4 N–H and O–H groups in total. The minimum absolute atomic E-state index is 0.303. The lowest BCUT2D eigenvalue weighted by molar-refractivity contribution is -0.134. The van der Waals surface area contributed by atoms with Gasteiger partial charge in [-0.15, -0.1) is 15.3 Å². The number of aromatic nitrogens is 10. The molecule has 0 aliphatic heterocycles. The Kier molecular flexibility index (Phi) is 16.7. The number of aryl methyl sites for hydroxylation is 1. The summed E-state index contributed by atoms with van der Waals surface area (Å²) >= 11 is 37.0. The van der Waals surface area contributed by atoms with E-state index in [0.29, 0.717) is 64.3 Å². The zero-order chi connectivity index (χ0) is 52.6. The van der Waals surface area contributed by atoms with E-state index in [2.05, 4.69) is 35.9 Å². The topological polar surface area (TPSA) is 201 Å². The van der Waals surface area contributed by atoms with Crippen LogP contribution in [0.1, 0.15) is 30.2 Å². The number of carbonyl (C=O) groups is 2. The van der Waals surface area contributed by atoms with Gasteiger partial charge in [-0.05, 0) is 135 Å². The molecule has 16 nitrogen and oxygen atoms in total. The van der Waals surface area contributed by atoms with Crippen LogP contribution in [0.25, 0.3) is 62.0 Å². The monoisotopic (exact) mass is 1100 g/mol. The molecule has 0 aliphatic rings. The summed E-state index contributed by atoms with van der Waals surface area (Å²) in [6, 6.07) is 44.2. The number of amides is 1. The number of para-hydroxylation sites is 1. The van der Waals surface area contributed by atoms with Gasteiger partial charge in [-0.3, -0.25) is 28.4 Å². The Morgan fingerprint density at radius 3 is 1.77 bits per heavy atom. The number of imidazole rings is 2. The summed E-state index contributed by atoms with van der Waals surface area (Å²) in [5.74, 6) is 6.11. The van der Waals surface area contributed by atoms with Crippen molar-refractivity contribution < 1.29 is 14.7 Å². The molecular formula is C52H39Cl6N13O3. The number of nitrogens with zero attached hydrogens (tertiary/aromatic N) is 11. The normalized spacial score (nSPS) is 11.1. The van der Waals surface area contributed by atoms with Crippen LogP contribution in [0.15, 0.2) is 163 Å². The molecule has 0 radical (unpaired) electrons. The maximum Gasteiger partial charge on any atom is 0.300 e. The first kappa shape index (κ1) is 52.6. The van der Waals surface area contributed by atoms with Gasteiger partial charge in [-0.2, -0.15) is 4.68 Å². The number of hydrazine groups is 1. The van der Waals surface area contributed by atoms with Crippen LogP contribution in [-0.2, 0) is 4.79 Å². The fraction of sp³-hybridized carbons (Fsp3) is 0.0577. The third-order valence-electron chi connectivity index (χ3n) is 10.7. The Morgan fingerprint density at radius 2 is 1.15 bits per heavy atom. The average molecular weight is 1110 g/mol. The van der Waals surface area contributed by atoms with E-state index in [9.17, 15) is 4.79 Å². The summed E-state index contributed by atoms with van der Waals surface area (Å²) in [6.45, 7) is 4.89. The molecule has 74 heavy (non-hydrogen) atoms. The van der Waals surface area contributed by atoms with Crippen LogP contribution in [0.5, 0.6) is 0 Å². The van der Waals surface area contributed by atoms with Crippen LogP contribution in [0.2, 0.25) is 30.1 Å². The van der Waals surface area contributed by atoms with Gasteiger partial charge in [0, 0.05) is 56.2 Å². The first-order valence-electron chi connectivity index (χ1n) is 22.0. The van der Waals surface area contributed by atoms with Crippen molar-refractivity contribution in [1.29, 1.82) is 0 Å². The highest BCUT2D eigenvalue weighted by atomic mass is 35.5. The van der Waals surface area contributed by atoms with Gasteiger partial charge in [0.1, 0.15) is 51.2 Å². The standard InChI is InChI=1S/C22H14Cl3N5.C14H10Cl2N4O.C14H11ClN4.C2H4O2/c1-13-27-28-22(30(13)16-8-5-14(23)6-9-16)21-20(17-12-15(24)7-10-18(17)25)26-19-4-2-3-11-29(19)21;15-8-4-5-10(16)9(7-8)12-13(14(21)19-17)20-6-2-1-3-11(20)18-12;1-10(16-12-8-6-11(15)7-9-12)19-14-5-3-2-4-13(14)17-18-19;1-2(3)4/h2-12H,1H3;1-7H,17H2,(H,19,21);2-9H,1H3;1H3,(H,3,4). The number of hydrogen-bond acceptors (Lipinski definition) is 10. The van der Waals surface area contributed by atoms with E-state index in [4.69, 9.17) is 90.3 Å². The third kappa shape index (κ3) is 11.9. The molecule has 0 atom stereocenters. The highest BCUT2D eigenvalue weighted by Crippen LogP contribution is 2.38. The summed E-state index contributed by atoms with van der Waals surface area (Å²) in [6.07, 6.45) is 3.67. The number of fused-ring (bicyclic) bond motifs is 3. The molecule has 11 aromatic rings. The predicted molar refractivity (Wildman–Crippen MR) is 294 cm³/mol. The lowest BCUT2D eigenvalue weighted by Crippen LogP contribution is -2.31. The van der Waals surface area contributed by atoms with Crippen LogP contribution in [0.4, 0.5) is 5.69 Å². The Morgan fingerprint density at radius 1 is 0.622 bits per heavy atom. The number of halogens is 6. The summed E-state index contributed by atoms with van der Waals surface area (Å²) in [4.78, 5) is 34.9. The molecule has 22 heteroatoms. The van der Waals surface area contributed by atoms with E-state index < -0.39 is 11.9 Å². The van der Waals surface area contributed by atoms with Crippen molar-refractivity contribution >= 4 is 115 Å². The molecular weight excluding hydrogens is 1070 g/mol. The van der Waals surface area contributed by atoms with Gasteiger partial charge in [0.2, 0.25) is 0 Å². The highest BCUT2D eigenvalue weighted by molar-refractivity contribution is 6.36. The van der Waals surface area contributed by atoms with Gasteiger partial charge < -0.3 is 5.11 Å². The van der Waals surface area contributed by atoms with Gasteiger partial charge in [0.05, 0.1) is 21.2 Å². The number of nitrogen functional groups attached to an aromatic ring is 1. The summed E-state index contributed by atoms with van der Waals surface area (Å²) in [7, 11) is 0. The molecule has 0 fully saturated rings. The van der Waals surface area contributed by atoms with Crippen LogP contribution in [0, 0.1) is 6.92 Å². The molecule has 0 spiro atoms. The van der Waals surface area contributed by atoms with Crippen LogP contribution in [-0.4, -0.2) is 71.3 Å². The summed E-state index contributed by atoms with van der Waals surface area (Å²) in [5, 5.41) is 27.9. The number of hydrogen-bond donors (Lipinski definition) is 3. The molecule has 0 saturated carbocycles. The number of nitrogens with two attached hydrogens (primary N) is 1. The van der Waals surface area contributed by atoms with Crippen molar-refractivity contribution in [2.75, 3.05) is 0 Å². The summed E-state index contributed by atoms with van der Waals surface area (Å²) in [5.41, 5.74) is 10.5. The lowest BCUT2D eigenvalue weighted by atomic mass is 10.1. The molecule has 6 heterocycles. The average Bonchev–Trinajstić information content (AvgIpc) is 4.20. The molecule has 5 aromatic carbocycles. The maximum atomic E-state index is 12.1. The quantitative estimate of drug-likeness (QED) is 0.0473. The first-order valence-corrected chi connectivity index (χ1v) is 24.2. The third-order valence-corrected chi connectivity index (χ3v) is 12.3. The van der Waals surface area contributed by atoms with Crippen molar-refractivity contribution in [3.8, 4) is 39.7 Å². The second-order valence-electron chi connectivity index (χ2n) is 15.7. The SMILES string of the molecule is CC(=Nc1ccc(Cl)cc1)n1nnc2ccccc21.CC(=O)O.Cc1nnc(-c2c(-c3cc(Cl)ccc3Cl)nc3ccccn23)n1-c1ccc(Cl)cc1.NNC(=O)c1c(-c2cc(Cl)ccc2Cl)nc2ccccn12. The van der Waals surface area contributed by atoms with E-state index in [1.807, 2.05) is 132 Å². The molecule has 6 aromatic heterocycles. The maximum absolute atomic E-state index is 12.1. The van der Waals surface area contributed by atoms with Gasteiger partial charge in [0.15, 0.2) is 5.82 Å². The molecule has 0 unspecified atom stereocenters. The number of carboxylic acids is 1. The molecule has 1 amide bonds. The molecule has 0 bridgehead atoms. The van der Waals surface area contributed by atoms with Crippen molar-refractivity contribution in [3.63, 3.8) is 0 Å². The van der Waals surface area contributed by atoms with E-state index >= 15 is 0 Å². The zero-order valence-electron chi connectivity index (χ0n) is 39.0. The number of rotatable bonds is 6. The van der Waals surface area contributed by atoms with E-state index in [1.54, 1.807) is 57.7 Å². The second kappa shape index (κ2) is 23.5. The summed E-state index contributed by atoms with van der Waals surface area (Å²) < 4.78 is 7.32. The second-order valence-corrected chi connectivity index (χ2v) is 18.3. The zero-order valence-corrected chi connectivity index (χ0v) is 43.6. The number of carbonyl (C=O) groups excluding carboxylic acids is 1. The van der Waals surface area contributed by atoms with Crippen LogP contribution < -0.4 is 11.3 Å². The molecule has 0 aliphatic carbocycles. The van der Waals surface area contributed by atoms with Crippen molar-refractivity contribution in [2.45, 2.75) is 20.8 Å². The number of pyridine rings is 2. The minimum atomic E-state index is -0.833. The van der Waals surface area contributed by atoms with Crippen molar-refractivity contribution in [1.82, 2.24) is 54.0 Å². The fourth-order valence-corrected chi connectivity index (χ4v) is 8.51. The minimum Gasteiger partial charge on any atom is -0.481 e. The number of aliphatic carboxylic acids is 1. The molecule has 11 rings (SSSR count). The van der Waals surface area contributed by atoms with Gasteiger partial charge in [-0.25, -0.2) is 20.8 Å². The Balaban J connectivity index is 0.000000147. The highest BCUT2D eigenvalue weighted by Gasteiger charge is 2.25. The largest absolute Gasteiger partial charge is 0.481 e. The van der Waals surface area contributed by atoms with Gasteiger partial charge >= 0.3 is 0 Å². The lowest BCUT2D eigenvalue weighted by Gasteiger charge is -2.11. The molecule has 0 saturated heterocycles. The Bertz CT molecular complexity index is 3850. The number of nitrogens with one attached hydrogen (secondary N) is 1.